The van der Waals surface area contributed by atoms with Crippen LogP contribution in [0.25, 0.3) is 0 Å². The van der Waals surface area contributed by atoms with Gasteiger partial charge in [-0.05, 0) is 38.1 Å². The van der Waals surface area contributed by atoms with Gasteiger partial charge in [-0.25, -0.2) is 5.48 Å². The lowest BCUT2D eigenvalue weighted by molar-refractivity contribution is -0.132. The molecule has 0 fully saturated rings. The van der Waals surface area contributed by atoms with E-state index in [9.17, 15) is 9.59 Å². The monoisotopic (exact) mass is 300 g/mol. The Morgan fingerprint density at radius 2 is 1.91 bits per heavy atom. The van der Waals surface area contributed by atoms with Crippen LogP contribution in [-0.2, 0) is 4.79 Å². The Bertz CT molecular complexity index is 657. The molecule has 0 aromatic heterocycles. The van der Waals surface area contributed by atoms with Crippen molar-refractivity contribution in [1.29, 1.82) is 5.26 Å². The van der Waals surface area contributed by atoms with Crippen LogP contribution in [0.3, 0.4) is 0 Å². The molecule has 1 atom stereocenters. The van der Waals surface area contributed by atoms with Gasteiger partial charge in [-0.3, -0.25) is 14.8 Å². The first-order chi connectivity index (χ1) is 10.3. The summed E-state index contributed by atoms with van der Waals surface area (Å²) in [5.41, 5.74) is 7.11. The first-order valence-electron chi connectivity index (χ1n) is 6.33. The number of nitrogens with two attached hydrogens (primary N) is 1. The molecule has 0 aliphatic heterocycles. The van der Waals surface area contributed by atoms with Gasteiger partial charge < -0.3 is 11.1 Å². The molecule has 2 amide bonds. The maximum atomic E-state index is 12.1. The minimum Gasteiger partial charge on any atom is -0.338 e. The van der Waals surface area contributed by atoms with Crippen molar-refractivity contribution in [3.8, 4) is 17.9 Å². The van der Waals surface area contributed by atoms with Gasteiger partial charge in [-0.15, -0.1) is 0 Å². The summed E-state index contributed by atoms with van der Waals surface area (Å²) in [6.07, 6.45) is 0. The molecule has 7 heteroatoms. The van der Waals surface area contributed by atoms with Gasteiger partial charge in [0, 0.05) is 22.6 Å². The van der Waals surface area contributed by atoms with Gasteiger partial charge in [-0.1, -0.05) is 5.92 Å². The molecule has 1 aromatic rings. The summed E-state index contributed by atoms with van der Waals surface area (Å²) >= 11 is 0. The standard InChI is InChI=1S/C15H16N4O3/c1-15(2,17)12(14(21)19-22)18-13(20)11-7-5-10(6-8-11)4-3-9-16/h5-8,12,22H,17H2,1-2H3,(H,18,20)(H,19,21)/t12-/m1/s1. The van der Waals surface area contributed by atoms with Crippen molar-refractivity contribution in [3.05, 3.63) is 35.4 Å². The maximum absolute atomic E-state index is 12.1. The van der Waals surface area contributed by atoms with Crippen LogP contribution in [0.2, 0.25) is 0 Å². The maximum Gasteiger partial charge on any atom is 0.267 e. The second-order valence-corrected chi connectivity index (χ2v) is 5.14. The van der Waals surface area contributed by atoms with Crippen LogP contribution in [0.4, 0.5) is 0 Å². The zero-order chi connectivity index (χ0) is 16.8. The molecule has 0 aliphatic carbocycles. The Balaban J connectivity index is 2.91. The van der Waals surface area contributed by atoms with E-state index in [0.29, 0.717) is 11.1 Å². The zero-order valence-corrected chi connectivity index (χ0v) is 12.2. The molecule has 7 nitrogen and oxygen atoms in total. The number of nitriles is 1. The third-order valence-corrected chi connectivity index (χ3v) is 2.80. The zero-order valence-electron chi connectivity index (χ0n) is 12.2. The molecule has 0 heterocycles. The van der Waals surface area contributed by atoms with E-state index in [-0.39, 0.29) is 0 Å². The first kappa shape index (κ1) is 17.2. The van der Waals surface area contributed by atoms with Gasteiger partial charge >= 0.3 is 0 Å². The summed E-state index contributed by atoms with van der Waals surface area (Å²) in [5, 5.41) is 19.5. The summed E-state index contributed by atoms with van der Waals surface area (Å²) in [6.45, 7) is 3.10. The normalized spacial score (nSPS) is 11.4. The largest absolute Gasteiger partial charge is 0.338 e. The SMILES string of the molecule is CC(C)(N)[C@H](NC(=O)c1ccc(C#CC#N)cc1)C(=O)NO. The number of benzene rings is 1. The fraction of sp³-hybridized carbons (Fsp3) is 0.267. The van der Waals surface area contributed by atoms with Crippen LogP contribution in [0.1, 0.15) is 29.8 Å². The quantitative estimate of drug-likeness (QED) is 0.351. The summed E-state index contributed by atoms with van der Waals surface area (Å²) in [5.74, 6) is 3.51. The number of carbonyl (C=O) groups is 2. The van der Waals surface area contributed by atoms with E-state index in [0.717, 1.165) is 0 Å². The lowest BCUT2D eigenvalue weighted by Gasteiger charge is -2.29. The lowest BCUT2D eigenvalue weighted by Crippen LogP contribution is -2.61. The molecule has 1 aromatic carbocycles. The number of rotatable bonds is 4. The summed E-state index contributed by atoms with van der Waals surface area (Å²) in [6, 6.07) is 6.76. The van der Waals surface area contributed by atoms with Gasteiger partial charge in [0.15, 0.2) is 6.07 Å². The van der Waals surface area contributed by atoms with E-state index < -0.39 is 23.4 Å². The third-order valence-electron chi connectivity index (χ3n) is 2.80. The Morgan fingerprint density at radius 1 is 1.32 bits per heavy atom. The number of hydrogen-bond donors (Lipinski definition) is 4. The lowest BCUT2D eigenvalue weighted by atomic mass is 9.95. The minimum atomic E-state index is -1.11. The highest BCUT2D eigenvalue weighted by atomic mass is 16.5. The number of nitrogens with zero attached hydrogens (tertiary/aromatic N) is 1. The highest BCUT2D eigenvalue weighted by Crippen LogP contribution is 2.08. The van der Waals surface area contributed by atoms with E-state index in [1.165, 1.54) is 17.6 Å². The minimum absolute atomic E-state index is 0.294. The molecule has 0 aliphatic rings. The van der Waals surface area contributed by atoms with Crippen LogP contribution >= 0.6 is 0 Å². The number of nitrogens with one attached hydrogen (secondary N) is 2. The van der Waals surface area contributed by atoms with Gasteiger partial charge in [0.05, 0.1) is 0 Å². The number of amides is 2. The van der Waals surface area contributed by atoms with E-state index in [2.05, 4.69) is 17.2 Å². The Morgan fingerprint density at radius 3 is 2.36 bits per heavy atom. The molecule has 22 heavy (non-hydrogen) atoms. The fourth-order valence-electron chi connectivity index (χ4n) is 1.67. The van der Waals surface area contributed by atoms with Crippen LogP contribution < -0.4 is 16.5 Å². The number of hydrogen-bond acceptors (Lipinski definition) is 5. The van der Waals surface area contributed by atoms with Crippen LogP contribution in [0.5, 0.6) is 0 Å². The van der Waals surface area contributed by atoms with Crippen LogP contribution in [0.15, 0.2) is 24.3 Å². The van der Waals surface area contributed by atoms with Gasteiger partial charge in [0.25, 0.3) is 11.8 Å². The Hall–Kier alpha value is -2.87. The van der Waals surface area contributed by atoms with E-state index in [4.69, 9.17) is 16.2 Å². The van der Waals surface area contributed by atoms with Gasteiger partial charge in [0.2, 0.25) is 0 Å². The molecule has 0 spiro atoms. The van der Waals surface area contributed by atoms with Gasteiger partial charge in [0.1, 0.15) is 6.04 Å². The number of carbonyl (C=O) groups excluding carboxylic acids is 2. The summed E-state index contributed by atoms with van der Waals surface area (Å²) < 4.78 is 0. The van der Waals surface area contributed by atoms with Crippen molar-refractivity contribution in [2.24, 2.45) is 5.73 Å². The molecule has 5 N–H and O–H groups in total. The van der Waals surface area contributed by atoms with E-state index in [1.807, 2.05) is 0 Å². The van der Waals surface area contributed by atoms with E-state index in [1.54, 1.807) is 32.0 Å². The molecule has 0 bridgehead atoms. The predicted molar refractivity (Wildman–Crippen MR) is 78.4 cm³/mol. The van der Waals surface area contributed by atoms with Crippen molar-refractivity contribution < 1.29 is 14.8 Å². The molecule has 0 saturated carbocycles. The topological polar surface area (TPSA) is 128 Å². The molecule has 114 valence electrons. The van der Waals surface area contributed by atoms with Crippen molar-refractivity contribution in [3.63, 3.8) is 0 Å². The molecule has 0 radical (unpaired) electrons. The van der Waals surface area contributed by atoms with Crippen LogP contribution in [0, 0.1) is 23.2 Å². The highest BCUT2D eigenvalue weighted by molar-refractivity contribution is 5.97. The van der Waals surface area contributed by atoms with Gasteiger partial charge in [-0.2, -0.15) is 5.26 Å². The fourth-order valence-corrected chi connectivity index (χ4v) is 1.67. The van der Waals surface area contributed by atoms with Crippen LogP contribution in [-0.4, -0.2) is 28.6 Å². The van der Waals surface area contributed by atoms with Crippen molar-refractivity contribution in [2.75, 3.05) is 0 Å². The van der Waals surface area contributed by atoms with Crippen molar-refractivity contribution >= 4 is 11.8 Å². The second-order valence-electron chi connectivity index (χ2n) is 5.14. The summed E-state index contributed by atoms with van der Waals surface area (Å²) in [7, 11) is 0. The first-order valence-corrected chi connectivity index (χ1v) is 6.33. The molecule has 0 unspecified atom stereocenters. The second kappa shape index (κ2) is 7.23. The average molecular weight is 300 g/mol. The predicted octanol–water partition coefficient (Wildman–Crippen LogP) is -0.0972. The smallest absolute Gasteiger partial charge is 0.267 e. The highest BCUT2D eigenvalue weighted by Gasteiger charge is 2.33. The molecular weight excluding hydrogens is 284 g/mol. The average Bonchev–Trinajstić information content (AvgIpc) is 2.49. The summed E-state index contributed by atoms with van der Waals surface area (Å²) in [4.78, 5) is 23.7. The van der Waals surface area contributed by atoms with Crippen molar-refractivity contribution in [1.82, 2.24) is 10.8 Å². The van der Waals surface area contributed by atoms with Crippen molar-refractivity contribution in [2.45, 2.75) is 25.4 Å². The number of hydroxylamine groups is 1. The Labute approximate surface area is 128 Å². The third kappa shape index (κ3) is 4.60. The molecule has 1 rings (SSSR count). The molecule has 0 saturated heterocycles. The van der Waals surface area contributed by atoms with E-state index >= 15 is 0 Å². The molecular formula is C15H16N4O3. The Kier molecular flexibility index (Phi) is 5.65.